The summed E-state index contributed by atoms with van der Waals surface area (Å²) in [6.07, 6.45) is 0. The van der Waals surface area contributed by atoms with Gasteiger partial charge in [-0.05, 0) is 19.2 Å². The van der Waals surface area contributed by atoms with E-state index in [1.54, 1.807) is 0 Å². The SMILES string of the molecule is CN(CCOCCO)CCSc1ccccc1. The van der Waals surface area contributed by atoms with Crippen LogP contribution in [0.15, 0.2) is 35.2 Å². The highest BCUT2D eigenvalue weighted by Crippen LogP contribution is 2.16. The molecule has 0 bridgehead atoms. The number of hydrogen-bond acceptors (Lipinski definition) is 4. The fourth-order valence-electron chi connectivity index (χ4n) is 1.33. The van der Waals surface area contributed by atoms with Gasteiger partial charge in [0.2, 0.25) is 0 Å². The highest BCUT2D eigenvalue weighted by Gasteiger charge is 1.99. The Bertz CT molecular complexity index is 282. The summed E-state index contributed by atoms with van der Waals surface area (Å²) in [5.74, 6) is 1.08. The van der Waals surface area contributed by atoms with E-state index >= 15 is 0 Å². The summed E-state index contributed by atoms with van der Waals surface area (Å²) >= 11 is 1.87. The van der Waals surface area contributed by atoms with E-state index in [2.05, 4.69) is 36.2 Å². The van der Waals surface area contributed by atoms with Crippen molar-refractivity contribution in [2.75, 3.05) is 45.7 Å². The van der Waals surface area contributed by atoms with Crippen molar-refractivity contribution >= 4 is 11.8 Å². The summed E-state index contributed by atoms with van der Waals surface area (Å²) in [5.41, 5.74) is 0. The number of hydrogen-bond donors (Lipinski definition) is 1. The first-order valence-corrected chi connectivity index (χ1v) is 6.86. The third-order valence-electron chi connectivity index (χ3n) is 2.34. The largest absolute Gasteiger partial charge is 0.394 e. The van der Waals surface area contributed by atoms with E-state index < -0.39 is 0 Å². The van der Waals surface area contributed by atoms with Crippen molar-refractivity contribution < 1.29 is 9.84 Å². The molecule has 96 valence electrons. The third kappa shape index (κ3) is 7.39. The number of aliphatic hydroxyl groups is 1. The average Bonchev–Trinajstić information content (AvgIpc) is 2.36. The fourth-order valence-corrected chi connectivity index (χ4v) is 2.32. The molecule has 0 saturated heterocycles. The van der Waals surface area contributed by atoms with Crippen LogP contribution in [0.1, 0.15) is 0 Å². The van der Waals surface area contributed by atoms with Crippen LogP contribution < -0.4 is 0 Å². The zero-order chi connectivity index (χ0) is 12.3. The molecule has 1 rings (SSSR count). The maximum absolute atomic E-state index is 8.56. The Balaban J connectivity index is 2.02. The van der Waals surface area contributed by atoms with E-state index in [0.29, 0.717) is 13.2 Å². The number of benzene rings is 1. The van der Waals surface area contributed by atoms with Crippen LogP contribution in [0, 0.1) is 0 Å². The van der Waals surface area contributed by atoms with Gasteiger partial charge in [-0.15, -0.1) is 11.8 Å². The minimum atomic E-state index is 0.105. The first-order valence-electron chi connectivity index (χ1n) is 5.88. The molecule has 0 aliphatic rings. The minimum absolute atomic E-state index is 0.105. The Morgan fingerprint density at radius 1 is 1.18 bits per heavy atom. The lowest BCUT2D eigenvalue weighted by atomic mass is 10.4. The summed E-state index contributed by atoms with van der Waals surface area (Å²) in [6, 6.07) is 10.4. The topological polar surface area (TPSA) is 32.7 Å². The van der Waals surface area contributed by atoms with Gasteiger partial charge in [0, 0.05) is 23.7 Å². The first-order chi connectivity index (χ1) is 8.33. The quantitative estimate of drug-likeness (QED) is 0.538. The highest BCUT2D eigenvalue weighted by atomic mass is 32.2. The standard InChI is InChI=1S/C13H21NO2S/c1-14(7-10-16-11-9-15)8-12-17-13-5-3-2-4-6-13/h2-6,15H,7-12H2,1H3. The fraction of sp³-hybridized carbons (Fsp3) is 0.538. The maximum atomic E-state index is 8.56. The van der Waals surface area contributed by atoms with Gasteiger partial charge < -0.3 is 14.7 Å². The van der Waals surface area contributed by atoms with Gasteiger partial charge in [0.15, 0.2) is 0 Å². The van der Waals surface area contributed by atoms with Gasteiger partial charge in [-0.2, -0.15) is 0 Å². The van der Waals surface area contributed by atoms with Crippen molar-refractivity contribution in [3.05, 3.63) is 30.3 Å². The maximum Gasteiger partial charge on any atom is 0.0698 e. The number of thioether (sulfide) groups is 1. The van der Waals surface area contributed by atoms with Gasteiger partial charge in [0.25, 0.3) is 0 Å². The van der Waals surface area contributed by atoms with Crippen LogP contribution in [0.5, 0.6) is 0 Å². The molecule has 1 aromatic carbocycles. The van der Waals surface area contributed by atoms with Gasteiger partial charge in [0.1, 0.15) is 0 Å². The van der Waals surface area contributed by atoms with Crippen LogP contribution in [0.3, 0.4) is 0 Å². The van der Waals surface area contributed by atoms with Crippen LogP contribution in [-0.4, -0.2) is 55.7 Å². The molecule has 0 aromatic heterocycles. The first kappa shape index (κ1) is 14.5. The van der Waals surface area contributed by atoms with Crippen LogP contribution in [0.25, 0.3) is 0 Å². The average molecular weight is 255 g/mol. The lowest BCUT2D eigenvalue weighted by molar-refractivity contribution is 0.0794. The van der Waals surface area contributed by atoms with Crippen LogP contribution in [0.2, 0.25) is 0 Å². The monoisotopic (exact) mass is 255 g/mol. The molecule has 0 aliphatic carbocycles. The summed E-state index contributed by atoms with van der Waals surface area (Å²) in [4.78, 5) is 3.56. The molecule has 0 fully saturated rings. The summed E-state index contributed by atoms with van der Waals surface area (Å²) in [7, 11) is 2.09. The van der Waals surface area contributed by atoms with Crippen molar-refractivity contribution in [3.8, 4) is 0 Å². The Morgan fingerprint density at radius 2 is 1.94 bits per heavy atom. The lowest BCUT2D eigenvalue weighted by Crippen LogP contribution is -2.25. The van der Waals surface area contributed by atoms with Crippen molar-refractivity contribution in [3.63, 3.8) is 0 Å². The Kier molecular flexibility index (Phi) is 8.09. The summed E-state index contributed by atoms with van der Waals surface area (Å²) in [6.45, 7) is 3.19. The number of nitrogens with zero attached hydrogens (tertiary/aromatic N) is 1. The normalized spacial score (nSPS) is 11.0. The molecular formula is C13H21NO2S. The van der Waals surface area contributed by atoms with Crippen molar-refractivity contribution in [1.82, 2.24) is 4.90 Å². The van der Waals surface area contributed by atoms with E-state index in [1.807, 2.05) is 17.8 Å². The van der Waals surface area contributed by atoms with Crippen molar-refractivity contribution in [2.45, 2.75) is 4.90 Å². The predicted molar refractivity (Wildman–Crippen MR) is 72.6 cm³/mol. The molecule has 0 saturated carbocycles. The molecule has 0 atom stereocenters. The number of ether oxygens (including phenoxy) is 1. The predicted octanol–water partition coefficient (Wildman–Crippen LogP) is 1.72. The molecular weight excluding hydrogens is 234 g/mol. The summed E-state index contributed by atoms with van der Waals surface area (Å²) in [5, 5.41) is 8.56. The van der Waals surface area contributed by atoms with Crippen molar-refractivity contribution in [2.24, 2.45) is 0 Å². The van der Waals surface area contributed by atoms with Gasteiger partial charge in [-0.3, -0.25) is 0 Å². The molecule has 1 aromatic rings. The molecule has 0 heterocycles. The zero-order valence-electron chi connectivity index (χ0n) is 10.3. The lowest BCUT2D eigenvalue weighted by Gasteiger charge is -2.16. The van der Waals surface area contributed by atoms with Crippen LogP contribution >= 0.6 is 11.8 Å². The van der Waals surface area contributed by atoms with E-state index in [9.17, 15) is 0 Å². The molecule has 4 heteroatoms. The van der Waals surface area contributed by atoms with E-state index in [1.165, 1.54) is 4.90 Å². The molecule has 0 unspecified atom stereocenters. The second-order valence-corrected chi connectivity index (χ2v) is 4.97. The van der Waals surface area contributed by atoms with E-state index in [4.69, 9.17) is 9.84 Å². The number of aliphatic hydroxyl groups excluding tert-OH is 1. The third-order valence-corrected chi connectivity index (χ3v) is 3.33. The molecule has 0 amide bonds. The molecule has 0 radical (unpaired) electrons. The zero-order valence-corrected chi connectivity index (χ0v) is 11.2. The smallest absolute Gasteiger partial charge is 0.0698 e. The Labute approximate surface area is 108 Å². The number of likely N-dealkylation sites (N-methyl/N-ethyl adjacent to an activating group) is 1. The molecule has 17 heavy (non-hydrogen) atoms. The second-order valence-electron chi connectivity index (χ2n) is 3.80. The van der Waals surface area contributed by atoms with Gasteiger partial charge >= 0.3 is 0 Å². The van der Waals surface area contributed by atoms with Crippen LogP contribution in [0.4, 0.5) is 0 Å². The van der Waals surface area contributed by atoms with E-state index in [-0.39, 0.29) is 6.61 Å². The highest BCUT2D eigenvalue weighted by molar-refractivity contribution is 7.99. The number of rotatable bonds is 9. The van der Waals surface area contributed by atoms with Gasteiger partial charge in [0.05, 0.1) is 19.8 Å². The summed E-state index contributed by atoms with van der Waals surface area (Å²) < 4.78 is 5.22. The molecule has 3 nitrogen and oxygen atoms in total. The molecule has 1 N–H and O–H groups in total. The van der Waals surface area contributed by atoms with Crippen LogP contribution in [-0.2, 0) is 4.74 Å². The second kappa shape index (κ2) is 9.48. The molecule has 0 spiro atoms. The molecule has 0 aliphatic heterocycles. The Morgan fingerprint density at radius 3 is 2.65 bits per heavy atom. The van der Waals surface area contributed by atoms with Gasteiger partial charge in [-0.25, -0.2) is 0 Å². The Hall–Kier alpha value is -0.550. The van der Waals surface area contributed by atoms with Crippen molar-refractivity contribution in [1.29, 1.82) is 0 Å². The minimum Gasteiger partial charge on any atom is -0.394 e. The van der Waals surface area contributed by atoms with Gasteiger partial charge in [-0.1, -0.05) is 18.2 Å². The van der Waals surface area contributed by atoms with E-state index in [0.717, 1.165) is 18.8 Å².